The van der Waals surface area contributed by atoms with E-state index in [1.807, 2.05) is 0 Å². The first kappa shape index (κ1) is 9.51. The second kappa shape index (κ2) is 3.61. The van der Waals surface area contributed by atoms with E-state index in [1.165, 1.54) is 45.1 Å². The molecule has 0 aromatic carbocycles. The van der Waals surface area contributed by atoms with E-state index in [0.29, 0.717) is 5.54 Å². The van der Waals surface area contributed by atoms with Crippen LogP contribution in [0.5, 0.6) is 0 Å². The largest absolute Gasteiger partial charge is 0.311 e. The summed E-state index contributed by atoms with van der Waals surface area (Å²) >= 11 is 0. The predicted molar refractivity (Wildman–Crippen MR) is 56.8 cm³/mol. The quantitative estimate of drug-likeness (QED) is 0.656. The van der Waals surface area contributed by atoms with Crippen molar-refractivity contribution in [2.24, 2.45) is 11.8 Å². The topological polar surface area (TPSA) is 12.0 Å². The molecule has 0 aromatic rings. The molecule has 0 amide bonds. The van der Waals surface area contributed by atoms with Crippen molar-refractivity contribution in [3.63, 3.8) is 0 Å². The van der Waals surface area contributed by atoms with E-state index in [9.17, 15) is 0 Å². The van der Waals surface area contributed by atoms with E-state index in [2.05, 4.69) is 19.2 Å². The molecule has 1 nitrogen and oxygen atoms in total. The van der Waals surface area contributed by atoms with Crippen molar-refractivity contribution < 1.29 is 0 Å². The Balaban J connectivity index is 2.09. The highest BCUT2D eigenvalue weighted by Gasteiger charge is 2.44. The van der Waals surface area contributed by atoms with Gasteiger partial charge in [-0.2, -0.15) is 0 Å². The highest BCUT2D eigenvalue weighted by molar-refractivity contribution is 5.01. The predicted octanol–water partition coefficient (Wildman–Crippen LogP) is 2.95. The van der Waals surface area contributed by atoms with Gasteiger partial charge in [0.2, 0.25) is 0 Å². The van der Waals surface area contributed by atoms with Gasteiger partial charge in [0.1, 0.15) is 0 Å². The first-order chi connectivity index (χ1) is 6.25. The maximum Gasteiger partial charge on any atom is 0.0212 e. The molecule has 0 radical (unpaired) electrons. The van der Waals surface area contributed by atoms with Crippen LogP contribution in [-0.4, -0.2) is 12.1 Å². The summed E-state index contributed by atoms with van der Waals surface area (Å²) in [5.41, 5.74) is 0.562. The molecule has 1 heteroatoms. The smallest absolute Gasteiger partial charge is 0.0212 e. The van der Waals surface area contributed by atoms with Crippen LogP contribution in [0.25, 0.3) is 0 Å². The molecule has 1 aliphatic heterocycles. The van der Waals surface area contributed by atoms with Gasteiger partial charge in [0.25, 0.3) is 0 Å². The second-order valence-electron chi connectivity index (χ2n) is 5.28. The van der Waals surface area contributed by atoms with E-state index >= 15 is 0 Å². The molecule has 1 N–H and O–H groups in total. The zero-order valence-corrected chi connectivity index (χ0v) is 9.10. The molecule has 1 spiro atoms. The van der Waals surface area contributed by atoms with Crippen LogP contribution in [0, 0.1) is 11.8 Å². The van der Waals surface area contributed by atoms with E-state index in [0.717, 1.165) is 11.8 Å². The molecule has 1 saturated carbocycles. The molecule has 0 aromatic heterocycles. The van der Waals surface area contributed by atoms with Gasteiger partial charge in [0.05, 0.1) is 0 Å². The molecule has 76 valence electrons. The third-order valence-electron chi connectivity index (χ3n) is 4.18. The lowest BCUT2D eigenvalue weighted by Gasteiger charge is -2.42. The van der Waals surface area contributed by atoms with Gasteiger partial charge in [0, 0.05) is 5.54 Å². The van der Waals surface area contributed by atoms with E-state index in [4.69, 9.17) is 0 Å². The molecule has 2 fully saturated rings. The molecule has 2 aliphatic rings. The Morgan fingerprint density at radius 1 is 1.15 bits per heavy atom. The summed E-state index contributed by atoms with van der Waals surface area (Å²) in [6.45, 7) is 6.06. The molecule has 2 rings (SSSR count). The van der Waals surface area contributed by atoms with Crippen LogP contribution in [-0.2, 0) is 0 Å². The zero-order chi connectivity index (χ0) is 9.31. The van der Waals surface area contributed by atoms with Crippen LogP contribution in [0.15, 0.2) is 0 Å². The van der Waals surface area contributed by atoms with Crippen molar-refractivity contribution in [2.45, 2.75) is 57.9 Å². The fourth-order valence-corrected chi connectivity index (χ4v) is 3.59. The fourth-order valence-electron chi connectivity index (χ4n) is 3.59. The molecule has 1 aliphatic carbocycles. The molecule has 1 heterocycles. The summed E-state index contributed by atoms with van der Waals surface area (Å²) in [5.74, 6) is 1.82. The van der Waals surface area contributed by atoms with Crippen molar-refractivity contribution in [1.82, 2.24) is 5.32 Å². The van der Waals surface area contributed by atoms with Crippen LogP contribution < -0.4 is 5.32 Å². The van der Waals surface area contributed by atoms with Crippen LogP contribution in [0.3, 0.4) is 0 Å². The number of nitrogens with one attached hydrogen (secondary N) is 1. The van der Waals surface area contributed by atoms with Crippen molar-refractivity contribution >= 4 is 0 Å². The Bertz CT molecular complexity index is 168. The van der Waals surface area contributed by atoms with Gasteiger partial charge >= 0.3 is 0 Å². The Morgan fingerprint density at radius 2 is 1.92 bits per heavy atom. The van der Waals surface area contributed by atoms with Gasteiger partial charge in [-0.3, -0.25) is 0 Å². The summed E-state index contributed by atoms with van der Waals surface area (Å²) in [4.78, 5) is 0. The van der Waals surface area contributed by atoms with Crippen molar-refractivity contribution in [1.29, 1.82) is 0 Å². The molecule has 1 saturated heterocycles. The van der Waals surface area contributed by atoms with Gasteiger partial charge in [-0.25, -0.2) is 0 Å². The third-order valence-corrected chi connectivity index (χ3v) is 4.18. The van der Waals surface area contributed by atoms with Gasteiger partial charge < -0.3 is 5.32 Å². The summed E-state index contributed by atoms with van der Waals surface area (Å²) in [6.07, 6.45) is 8.65. The van der Waals surface area contributed by atoms with Gasteiger partial charge in [-0.15, -0.1) is 0 Å². The van der Waals surface area contributed by atoms with Gasteiger partial charge in [-0.05, 0) is 44.1 Å². The van der Waals surface area contributed by atoms with E-state index < -0.39 is 0 Å². The summed E-state index contributed by atoms with van der Waals surface area (Å²) in [7, 11) is 0. The number of rotatable bonds is 1. The van der Waals surface area contributed by atoms with Crippen molar-refractivity contribution in [3.8, 4) is 0 Å². The van der Waals surface area contributed by atoms with Gasteiger partial charge in [-0.1, -0.05) is 26.7 Å². The van der Waals surface area contributed by atoms with Crippen LogP contribution >= 0.6 is 0 Å². The minimum absolute atomic E-state index is 0.562. The lowest BCUT2D eigenvalue weighted by Crippen LogP contribution is -2.52. The first-order valence-electron chi connectivity index (χ1n) is 6.00. The first-order valence-corrected chi connectivity index (χ1v) is 6.00. The third kappa shape index (κ3) is 1.63. The SMILES string of the molecule is CC(C)C1CCCC12CCCCN2. The molecular weight excluding hydrogens is 158 g/mol. The molecule has 0 bridgehead atoms. The summed E-state index contributed by atoms with van der Waals surface area (Å²) in [5, 5.41) is 3.83. The Morgan fingerprint density at radius 3 is 2.54 bits per heavy atom. The minimum atomic E-state index is 0.562. The number of piperidine rings is 1. The fraction of sp³-hybridized carbons (Fsp3) is 1.00. The number of hydrogen-bond acceptors (Lipinski definition) is 1. The van der Waals surface area contributed by atoms with Gasteiger partial charge in [0.15, 0.2) is 0 Å². The molecule has 13 heavy (non-hydrogen) atoms. The Labute approximate surface area is 82.3 Å². The Kier molecular flexibility index (Phi) is 2.64. The average molecular weight is 181 g/mol. The maximum absolute atomic E-state index is 3.83. The average Bonchev–Trinajstić information content (AvgIpc) is 2.50. The normalized spacial score (nSPS) is 40.4. The highest BCUT2D eigenvalue weighted by Crippen LogP contribution is 2.44. The summed E-state index contributed by atoms with van der Waals surface area (Å²) in [6, 6.07) is 0. The lowest BCUT2D eigenvalue weighted by atomic mass is 9.75. The maximum atomic E-state index is 3.83. The minimum Gasteiger partial charge on any atom is -0.311 e. The standard InChI is InChI=1S/C12H23N/c1-10(2)11-6-5-8-12(11)7-3-4-9-13-12/h10-11,13H,3-9H2,1-2H3. The van der Waals surface area contributed by atoms with Crippen molar-refractivity contribution in [3.05, 3.63) is 0 Å². The zero-order valence-electron chi connectivity index (χ0n) is 9.10. The monoisotopic (exact) mass is 181 g/mol. The van der Waals surface area contributed by atoms with Crippen LogP contribution in [0.1, 0.15) is 52.4 Å². The molecular formula is C12H23N. The van der Waals surface area contributed by atoms with E-state index in [1.54, 1.807) is 0 Å². The molecule has 2 atom stereocenters. The van der Waals surface area contributed by atoms with Crippen LogP contribution in [0.2, 0.25) is 0 Å². The second-order valence-corrected chi connectivity index (χ2v) is 5.28. The highest BCUT2D eigenvalue weighted by atomic mass is 15.0. The number of hydrogen-bond donors (Lipinski definition) is 1. The Hall–Kier alpha value is -0.0400. The van der Waals surface area contributed by atoms with Crippen LogP contribution in [0.4, 0.5) is 0 Å². The van der Waals surface area contributed by atoms with E-state index in [-0.39, 0.29) is 0 Å². The summed E-state index contributed by atoms with van der Waals surface area (Å²) < 4.78 is 0. The molecule has 2 unspecified atom stereocenters. The lowest BCUT2D eigenvalue weighted by molar-refractivity contribution is 0.154. The van der Waals surface area contributed by atoms with Crippen molar-refractivity contribution in [2.75, 3.05) is 6.54 Å².